The van der Waals surface area contributed by atoms with Gasteiger partial charge in [0, 0.05) is 11.2 Å². The fourth-order valence-electron chi connectivity index (χ4n) is 3.09. The SMILES string of the molecule is CC(C)(c1ccc(OCC2CO2)cc1)c1ccc(OCC2CSC(=S)O2)cc1. The molecule has 0 amide bonds. The van der Waals surface area contributed by atoms with Crippen LogP contribution in [0, 0.1) is 0 Å². The van der Waals surface area contributed by atoms with Crippen molar-refractivity contribution < 1.29 is 18.9 Å². The maximum atomic E-state index is 5.85. The number of rotatable bonds is 8. The summed E-state index contributed by atoms with van der Waals surface area (Å²) in [6.45, 7) is 6.40. The Morgan fingerprint density at radius 1 is 0.929 bits per heavy atom. The Morgan fingerprint density at radius 3 is 1.86 bits per heavy atom. The summed E-state index contributed by atoms with van der Waals surface area (Å²) in [7, 11) is 0. The number of epoxide rings is 1. The van der Waals surface area contributed by atoms with Gasteiger partial charge in [0.2, 0.25) is 4.38 Å². The summed E-state index contributed by atoms with van der Waals surface area (Å²) in [5, 5.41) is 0. The van der Waals surface area contributed by atoms with E-state index in [1.165, 1.54) is 11.1 Å². The summed E-state index contributed by atoms with van der Waals surface area (Å²) < 4.78 is 22.9. The van der Waals surface area contributed by atoms with E-state index in [9.17, 15) is 0 Å². The monoisotopic (exact) mass is 416 g/mol. The molecule has 2 aromatic carbocycles. The van der Waals surface area contributed by atoms with Crippen molar-refractivity contribution in [3.05, 3.63) is 59.7 Å². The molecule has 2 saturated heterocycles. The third kappa shape index (κ3) is 4.80. The fraction of sp³-hybridized carbons (Fsp3) is 0.409. The maximum Gasteiger partial charge on any atom is 0.220 e. The number of ether oxygens (including phenoxy) is 4. The fourth-order valence-corrected chi connectivity index (χ4v) is 4.12. The number of benzene rings is 2. The molecule has 2 aromatic rings. The average molecular weight is 417 g/mol. The topological polar surface area (TPSA) is 40.2 Å². The van der Waals surface area contributed by atoms with Crippen LogP contribution in [0.3, 0.4) is 0 Å². The van der Waals surface area contributed by atoms with Gasteiger partial charge in [-0.25, -0.2) is 0 Å². The van der Waals surface area contributed by atoms with Crippen LogP contribution in [0.15, 0.2) is 48.5 Å². The molecule has 0 spiro atoms. The van der Waals surface area contributed by atoms with Crippen LogP contribution in [-0.4, -0.2) is 42.2 Å². The minimum atomic E-state index is -0.117. The standard InChI is InChI=1S/C22H24O4S2/c1-22(2,15-3-7-17(8-4-15)23-11-19-12-25-19)16-5-9-18(10-6-16)24-13-20-14-28-21(27)26-20/h3-10,19-20H,11-14H2,1-2H3. The summed E-state index contributed by atoms with van der Waals surface area (Å²) in [6.07, 6.45) is 0.313. The van der Waals surface area contributed by atoms with Crippen LogP contribution in [0.2, 0.25) is 0 Å². The van der Waals surface area contributed by atoms with Crippen LogP contribution >= 0.6 is 24.0 Å². The largest absolute Gasteiger partial charge is 0.491 e. The molecule has 2 aliphatic rings. The third-order valence-electron chi connectivity index (χ3n) is 5.08. The molecule has 0 saturated carbocycles. The molecule has 0 radical (unpaired) electrons. The first kappa shape index (κ1) is 19.6. The number of thioether (sulfide) groups is 1. The van der Waals surface area contributed by atoms with Gasteiger partial charge >= 0.3 is 0 Å². The molecule has 2 unspecified atom stereocenters. The van der Waals surface area contributed by atoms with Gasteiger partial charge in [0.25, 0.3) is 0 Å². The lowest BCUT2D eigenvalue weighted by molar-refractivity contribution is 0.151. The minimum absolute atomic E-state index is 0.0424. The number of thiocarbonyl (C=S) groups is 1. The first-order valence-electron chi connectivity index (χ1n) is 9.42. The number of hydrogen-bond donors (Lipinski definition) is 0. The zero-order chi connectivity index (χ0) is 19.6. The van der Waals surface area contributed by atoms with Crippen molar-refractivity contribution in [3.8, 4) is 11.5 Å². The van der Waals surface area contributed by atoms with Crippen molar-refractivity contribution in [2.24, 2.45) is 0 Å². The first-order valence-corrected chi connectivity index (χ1v) is 10.8. The second-order valence-electron chi connectivity index (χ2n) is 7.55. The molecular weight excluding hydrogens is 392 g/mol. The minimum Gasteiger partial charge on any atom is -0.491 e. The Kier molecular flexibility index (Phi) is 5.80. The van der Waals surface area contributed by atoms with Crippen LogP contribution in [-0.2, 0) is 14.9 Å². The van der Waals surface area contributed by atoms with Crippen molar-refractivity contribution in [2.45, 2.75) is 31.5 Å². The highest BCUT2D eigenvalue weighted by atomic mass is 32.2. The van der Waals surface area contributed by atoms with E-state index in [4.69, 9.17) is 31.2 Å². The van der Waals surface area contributed by atoms with Crippen molar-refractivity contribution in [2.75, 3.05) is 25.6 Å². The van der Waals surface area contributed by atoms with Crippen molar-refractivity contribution >= 4 is 28.4 Å². The van der Waals surface area contributed by atoms with Crippen LogP contribution < -0.4 is 9.47 Å². The van der Waals surface area contributed by atoms with E-state index in [-0.39, 0.29) is 17.6 Å². The molecule has 2 atom stereocenters. The first-order chi connectivity index (χ1) is 13.5. The Labute approximate surface area is 175 Å². The van der Waals surface area contributed by atoms with E-state index < -0.39 is 0 Å². The van der Waals surface area contributed by atoms with E-state index >= 15 is 0 Å². The van der Waals surface area contributed by atoms with Crippen molar-refractivity contribution in [3.63, 3.8) is 0 Å². The van der Waals surface area contributed by atoms with Gasteiger partial charge in [0.15, 0.2) is 0 Å². The van der Waals surface area contributed by atoms with E-state index in [2.05, 4.69) is 38.1 Å². The highest BCUT2D eigenvalue weighted by Gasteiger charge is 2.25. The lowest BCUT2D eigenvalue weighted by atomic mass is 9.78. The maximum absolute atomic E-state index is 5.85. The van der Waals surface area contributed by atoms with Crippen molar-refractivity contribution in [1.29, 1.82) is 0 Å². The molecule has 2 fully saturated rings. The zero-order valence-electron chi connectivity index (χ0n) is 16.1. The molecule has 6 heteroatoms. The molecule has 28 heavy (non-hydrogen) atoms. The molecule has 2 aliphatic heterocycles. The van der Waals surface area contributed by atoms with E-state index in [1.807, 2.05) is 24.3 Å². The highest BCUT2D eigenvalue weighted by molar-refractivity contribution is 8.22. The third-order valence-corrected chi connectivity index (χ3v) is 6.40. The van der Waals surface area contributed by atoms with Gasteiger partial charge in [-0.3, -0.25) is 0 Å². The smallest absolute Gasteiger partial charge is 0.220 e. The highest BCUT2D eigenvalue weighted by Crippen LogP contribution is 2.33. The second-order valence-corrected chi connectivity index (χ2v) is 9.17. The lowest BCUT2D eigenvalue weighted by Gasteiger charge is -2.26. The van der Waals surface area contributed by atoms with E-state index in [0.29, 0.717) is 17.6 Å². The molecule has 2 heterocycles. The summed E-state index contributed by atoms with van der Waals surface area (Å²) in [6, 6.07) is 16.6. The van der Waals surface area contributed by atoms with Crippen LogP contribution in [0.1, 0.15) is 25.0 Å². The average Bonchev–Trinajstić information content (AvgIpc) is 3.45. The lowest BCUT2D eigenvalue weighted by Crippen LogP contribution is -2.20. The molecule has 4 rings (SSSR count). The van der Waals surface area contributed by atoms with Gasteiger partial charge in [-0.1, -0.05) is 49.9 Å². The molecule has 148 valence electrons. The van der Waals surface area contributed by atoms with Crippen molar-refractivity contribution in [1.82, 2.24) is 0 Å². The Hall–Kier alpha value is -1.76. The number of hydrogen-bond acceptors (Lipinski definition) is 6. The van der Waals surface area contributed by atoms with Gasteiger partial charge in [0.1, 0.15) is 36.9 Å². The van der Waals surface area contributed by atoms with Gasteiger partial charge in [-0.05, 0) is 47.6 Å². The second kappa shape index (κ2) is 8.31. The predicted octanol–water partition coefficient (Wildman–Crippen LogP) is 4.59. The molecule has 0 bridgehead atoms. The molecular formula is C22H24O4S2. The van der Waals surface area contributed by atoms with Crippen LogP contribution in [0.5, 0.6) is 11.5 Å². The van der Waals surface area contributed by atoms with Gasteiger partial charge in [-0.2, -0.15) is 0 Å². The summed E-state index contributed by atoms with van der Waals surface area (Å²) in [5.41, 5.74) is 2.35. The van der Waals surface area contributed by atoms with Gasteiger partial charge in [-0.15, -0.1) is 0 Å². The van der Waals surface area contributed by atoms with E-state index in [0.717, 1.165) is 23.9 Å². The zero-order valence-corrected chi connectivity index (χ0v) is 17.7. The molecule has 0 aromatic heterocycles. The van der Waals surface area contributed by atoms with Crippen LogP contribution in [0.4, 0.5) is 0 Å². The Morgan fingerprint density at radius 2 is 1.43 bits per heavy atom. The summed E-state index contributed by atoms with van der Waals surface area (Å²) in [5.74, 6) is 2.58. The summed E-state index contributed by atoms with van der Waals surface area (Å²) in [4.78, 5) is 0. The van der Waals surface area contributed by atoms with E-state index in [1.54, 1.807) is 11.8 Å². The predicted molar refractivity (Wildman–Crippen MR) is 116 cm³/mol. The Bertz CT molecular complexity index is 813. The Balaban J connectivity index is 1.36. The molecule has 0 aliphatic carbocycles. The normalized spacial score (nSPS) is 21.3. The summed E-state index contributed by atoms with van der Waals surface area (Å²) >= 11 is 6.61. The van der Waals surface area contributed by atoms with Gasteiger partial charge in [0.05, 0.1) is 6.61 Å². The molecule has 0 N–H and O–H groups in total. The molecule has 4 nitrogen and oxygen atoms in total. The quantitative estimate of drug-likeness (QED) is 0.463. The van der Waals surface area contributed by atoms with Gasteiger partial charge < -0.3 is 18.9 Å². The van der Waals surface area contributed by atoms with Crippen LogP contribution in [0.25, 0.3) is 0 Å².